The van der Waals surface area contributed by atoms with Crippen LogP contribution in [0, 0.1) is 0 Å². The molecule has 14 heavy (non-hydrogen) atoms. The van der Waals surface area contributed by atoms with Crippen LogP contribution in [0.5, 0.6) is 0 Å². The van der Waals surface area contributed by atoms with Crippen LogP contribution in [0.15, 0.2) is 27.9 Å². The SMILES string of the molecule is Nc1nnc(N/N=C/c2ccco2)s1. The Labute approximate surface area is 83.5 Å². The first-order chi connectivity index (χ1) is 6.84. The van der Waals surface area contributed by atoms with Crippen molar-refractivity contribution in [2.45, 2.75) is 0 Å². The summed E-state index contributed by atoms with van der Waals surface area (Å²) in [5.41, 5.74) is 8.06. The van der Waals surface area contributed by atoms with E-state index in [0.29, 0.717) is 16.0 Å². The molecule has 72 valence electrons. The Morgan fingerprint density at radius 3 is 3.14 bits per heavy atom. The molecule has 0 radical (unpaired) electrons. The summed E-state index contributed by atoms with van der Waals surface area (Å²) in [5.74, 6) is 0.662. The van der Waals surface area contributed by atoms with Gasteiger partial charge in [-0.2, -0.15) is 5.10 Å². The zero-order valence-corrected chi connectivity index (χ0v) is 7.86. The number of hydrogen-bond donors (Lipinski definition) is 2. The van der Waals surface area contributed by atoms with Gasteiger partial charge in [-0.3, -0.25) is 5.43 Å². The van der Waals surface area contributed by atoms with E-state index in [1.54, 1.807) is 18.4 Å². The number of nitrogens with two attached hydrogens (primary N) is 1. The van der Waals surface area contributed by atoms with Gasteiger partial charge < -0.3 is 10.2 Å². The Hall–Kier alpha value is -1.89. The number of rotatable bonds is 3. The molecule has 0 aliphatic rings. The Bertz CT molecular complexity index is 421. The highest BCUT2D eigenvalue weighted by molar-refractivity contribution is 7.18. The lowest BCUT2D eigenvalue weighted by Gasteiger charge is -1.88. The standard InChI is InChI=1S/C7H7N5OS/c8-6-10-12-7(14-6)11-9-4-5-2-1-3-13-5/h1-4H,(H2,8,10)(H,11,12)/b9-4+. The summed E-state index contributed by atoms with van der Waals surface area (Å²) in [6.45, 7) is 0. The number of furan rings is 1. The highest BCUT2D eigenvalue weighted by Gasteiger charge is 1.97. The van der Waals surface area contributed by atoms with Gasteiger partial charge in [0.1, 0.15) is 5.76 Å². The minimum absolute atomic E-state index is 0.403. The Morgan fingerprint density at radius 2 is 2.50 bits per heavy atom. The van der Waals surface area contributed by atoms with Crippen molar-refractivity contribution in [3.8, 4) is 0 Å². The topological polar surface area (TPSA) is 89.3 Å². The minimum Gasteiger partial charge on any atom is -0.463 e. The molecule has 0 saturated carbocycles. The molecule has 2 aromatic heterocycles. The van der Waals surface area contributed by atoms with Crippen molar-refractivity contribution in [2.24, 2.45) is 5.10 Å². The van der Waals surface area contributed by atoms with Crippen molar-refractivity contribution in [1.82, 2.24) is 10.2 Å². The third-order valence-corrected chi connectivity index (χ3v) is 1.99. The van der Waals surface area contributed by atoms with Gasteiger partial charge in [-0.05, 0) is 12.1 Å². The first-order valence-corrected chi connectivity index (χ1v) is 4.58. The molecule has 7 heteroatoms. The predicted molar refractivity (Wildman–Crippen MR) is 54.2 cm³/mol. The largest absolute Gasteiger partial charge is 0.463 e. The summed E-state index contributed by atoms with van der Waals surface area (Å²) in [6.07, 6.45) is 3.11. The van der Waals surface area contributed by atoms with Gasteiger partial charge in [0.2, 0.25) is 10.3 Å². The van der Waals surface area contributed by atoms with Crippen LogP contribution in [0.4, 0.5) is 10.3 Å². The van der Waals surface area contributed by atoms with Crippen molar-refractivity contribution in [3.05, 3.63) is 24.2 Å². The summed E-state index contributed by atoms with van der Waals surface area (Å²) >= 11 is 1.23. The maximum atomic E-state index is 5.38. The van der Waals surface area contributed by atoms with Crippen molar-refractivity contribution < 1.29 is 4.42 Å². The van der Waals surface area contributed by atoms with Gasteiger partial charge in [-0.25, -0.2) is 0 Å². The number of nitrogens with one attached hydrogen (secondary N) is 1. The zero-order chi connectivity index (χ0) is 9.80. The van der Waals surface area contributed by atoms with Gasteiger partial charge in [0.25, 0.3) is 0 Å². The van der Waals surface area contributed by atoms with Crippen LogP contribution in [-0.4, -0.2) is 16.4 Å². The van der Waals surface area contributed by atoms with E-state index in [1.807, 2.05) is 0 Å². The molecule has 2 rings (SSSR count). The molecule has 0 aliphatic heterocycles. The molecule has 0 amide bonds. The number of hydrazone groups is 1. The van der Waals surface area contributed by atoms with Crippen molar-refractivity contribution in [3.63, 3.8) is 0 Å². The summed E-state index contributed by atoms with van der Waals surface area (Å²) < 4.78 is 5.03. The maximum absolute atomic E-state index is 5.38. The van der Waals surface area contributed by atoms with E-state index in [9.17, 15) is 0 Å². The van der Waals surface area contributed by atoms with E-state index < -0.39 is 0 Å². The van der Waals surface area contributed by atoms with Crippen LogP contribution in [0.1, 0.15) is 5.76 Å². The molecule has 0 spiro atoms. The lowest BCUT2D eigenvalue weighted by molar-refractivity contribution is 0.560. The van der Waals surface area contributed by atoms with E-state index in [-0.39, 0.29) is 0 Å². The van der Waals surface area contributed by atoms with E-state index >= 15 is 0 Å². The van der Waals surface area contributed by atoms with E-state index in [1.165, 1.54) is 17.6 Å². The molecule has 0 bridgehead atoms. The molecule has 0 saturated heterocycles. The number of aromatic nitrogens is 2. The monoisotopic (exact) mass is 209 g/mol. The second kappa shape index (κ2) is 3.88. The van der Waals surface area contributed by atoms with Gasteiger partial charge in [-0.15, -0.1) is 10.2 Å². The lowest BCUT2D eigenvalue weighted by Crippen LogP contribution is -1.88. The van der Waals surface area contributed by atoms with Crippen LogP contribution >= 0.6 is 11.3 Å². The molecule has 0 unspecified atom stereocenters. The zero-order valence-electron chi connectivity index (χ0n) is 7.04. The Kier molecular flexibility index (Phi) is 2.41. The first kappa shape index (κ1) is 8.70. The molecular formula is C7H7N5OS. The highest BCUT2D eigenvalue weighted by atomic mass is 32.1. The maximum Gasteiger partial charge on any atom is 0.227 e. The van der Waals surface area contributed by atoms with Crippen molar-refractivity contribution >= 4 is 27.8 Å². The molecular weight excluding hydrogens is 202 g/mol. The summed E-state index contributed by atoms with van der Waals surface area (Å²) in [5, 5.41) is 12.2. The number of nitrogens with zero attached hydrogens (tertiary/aromatic N) is 3. The van der Waals surface area contributed by atoms with Crippen LogP contribution < -0.4 is 11.2 Å². The lowest BCUT2D eigenvalue weighted by atomic mass is 10.5. The van der Waals surface area contributed by atoms with Crippen LogP contribution in [-0.2, 0) is 0 Å². The molecule has 3 N–H and O–H groups in total. The molecule has 0 aliphatic carbocycles. The molecule has 0 aromatic carbocycles. The minimum atomic E-state index is 0.403. The third kappa shape index (κ3) is 2.07. The van der Waals surface area contributed by atoms with Gasteiger partial charge in [0, 0.05) is 0 Å². The highest BCUT2D eigenvalue weighted by Crippen LogP contribution is 2.15. The number of anilines is 2. The third-order valence-electron chi connectivity index (χ3n) is 1.34. The van der Waals surface area contributed by atoms with Gasteiger partial charge in [0.15, 0.2) is 0 Å². The summed E-state index contributed by atoms with van der Waals surface area (Å²) in [7, 11) is 0. The molecule has 0 fully saturated rings. The second-order valence-electron chi connectivity index (χ2n) is 2.33. The number of hydrogen-bond acceptors (Lipinski definition) is 7. The van der Waals surface area contributed by atoms with E-state index in [2.05, 4.69) is 20.7 Å². The fourth-order valence-corrected chi connectivity index (χ4v) is 1.26. The predicted octanol–water partition coefficient (Wildman–Crippen LogP) is 1.16. The molecule has 2 aromatic rings. The van der Waals surface area contributed by atoms with E-state index in [4.69, 9.17) is 10.2 Å². The van der Waals surface area contributed by atoms with Gasteiger partial charge in [-0.1, -0.05) is 11.3 Å². The summed E-state index contributed by atoms with van der Waals surface area (Å²) in [4.78, 5) is 0. The van der Waals surface area contributed by atoms with Crippen LogP contribution in [0.3, 0.4) is 0 Å². The van der Waals surface area contributed by atoms with Crippen LogP contribution in [0.2, 0.25) is 0 Å². The molecule has 6 nitrogen and oxygen atoms in total. The average molecular weight is 209 g/mol. The normalized spacial score (nSPS) is 10.9. The van der Waals surface area contributed by atoms with E-state index in [0.717, 1.165) is 0 Å². The van der Waals surface area contributed by atoms with Gasteiger partial charge in [0.05, 0.1) is 12.5 Å². The van der Waals surface area contributed by atoms with Crippen molar-refractivity contribution in [2.75, 3.05) is 11.2 Å². The molecule has 2 heterocycles. The fraction of sp³-hybridized carbons (Fsp3) is 0. The first-order valence-electron chi connectivity index (χ1n) is 3.76. The average Bonchev–Trinajstić information content (AvgIpc) is 2.77. The second-order valence-corrected chi connectivity index (χ2v) is 3.34. The number of nitrogen functional groups attached to an aromatic ring is 1. The Balaban J connectivity index is 1.94. The molecule has 0 atom stereocenters. The summed E-state index contributed by atoms with van der Waals surface area (Å²) in [6, 6.07) is 3.57. The smallest absolute Gasteiger partial charge is 0.227 e. The quantitative estimate of drug-likeness (QED) is 0.584. The Morgan fingerprint density at radius 1 is 1.57 bits per heavy atom. The fourth-order valence-electron chi connectivity index (χ4n) is 0.796. The van der Waals surface area contributed by atoms with Gasteiger partial charge >= 0.3 is 0 Å². The van der Waals surface area contributed by atoms with Crippen molar-refractivity contribution in [1.29, 1.82) is 0 Å². The van der Waals surface area contributed by atoms with Crippen LogP contribution in [0.25, 0.3) is 0 Å².